The fourth-order valence-corrected chi connectivity index (χ4v) is 1.66. The maximum atomic E-state index is 11.7. The Morgan fingerprint density at radius 3 is 2.71 bits per heavy atom. The normalized spacial score (nSPS) is 19.3. The summed E-state index contributed by atoms with van der Waals surface area (Å²) in [5.41, 5.74) is -0.515. The van der Waals surface area contributed by atoms with Gasteiger partial charge in [-0.1, -0.05) is 5.16 Å². The van der Waals surface area contributed by atoms with Gasteiger partial charge in [0.1, 0.15) is 5.60 Å². The van der Waals surface area contributed by atoms with Gasteiger partial charge in [-0.05, 0) is 27.7 Å². The van der Waals surface area contributed by atoms with Gasteiger partial charge >= 0.3 is 12.1 Å². The van der Waals surface area contributed by atoms with Gasteiger partial charge in [0, 0.05) is 6.42 Å². The molecule has 120 valence electrons. The molecule has 1 aliphatic rings. The first-order valence-electron chi connectivity index (χ1n) is 6.77. The molecule has 2 N–H and O–H groups in total. The van der Waals surface area contributed by atoms with Gasteiger partial charge in [-0.25, -0.2) is 9.59 Å². The van der Waals surface area contributed by atoms with Crippen molar-refractivity contribution in [3.05, 3.63) is 0 Å². The van der Waals surface area contributed by atoms with Crippen molar-refractivity contribution in [2.24, 2.45) is 5.16 Å². The van der Waals surface area contributed by atoms with Crippen molar-refractivity contribution in [2.75, 3.05) is 13.2 Å². The lowest BCUT2D eigenvalue weighted by molar-refractivity contribution is -0.135. The number of nitrogens with one attached hydrogen (secondary N) is 1. The maximum Gasteiger partial charge on any atom is 0.408 e. The minimum Gasteiger partial charge on any atom is -0.461 e. The highest BCUT2D eigenvalue weighted by Gasteiger charge is 2.34. The zero-order chi connectivity index (χ0) is 16.0. The summed E-state index contributed by atoms with van der Waals surface area (Å²) >= 11 is 0. The maximum absolute atomic E-state index is 11.7. The molecule has 2 atom stereocenters. The van der Waals surface area contributed by atoms with Crippen LogP contribution >= 0.6 is 0 Å². The number of ether oxygens (including phenoxy) is 2. The quantitative estimate of drug-likeness (QED) is 0.719. The molecule has 0 aromatic carbocycles. The summed E-state index contributed by atoms with van der Waals surface area (Å²) in [7, 11) is 0. The van der Waals surface area contributed by atoms with Crippen molar-refractivity contribution in [3.8, 4) is 0 Å². The Labute approximate surface area is 123 Å². The summed E-state index contributed by atoms with van der Waals surface area (Å²) in [6, 6.07) is -0.726. The number of carbonyl (C=O) groups excluding carboxylic acids is 2. The topological polar surface area (TPSA) is 106 Å². The number of hydrogen-bond donors (Lipinski definition) is 2. The van der Waals surface area contributed by atoms with Gasteiger partial charge in [0.15, 0.2) is 11.8 Å². The van der Waals surface area contributed by atoms with Crippen LogP contribution < -0.4 is 5.32 Å². The zero-order valence-corrected chi connectivity index (χ0v) is 12.7. The third-order valence-corrected chi connectivity index (χ3v) is 2.55. The van der Waals surface area contributed by atoms with E-state index < -0.39 is 29.8 Å². The number of rotatable bonds is 5. The standard InChI is InChI=1S/C13H22N2O6/c1-5-19-11(17)8-6-10(21-15-8)9(7-16)14-12(18)20-13(2,3)4/h9-10,16H,5-7H2,1-4H3,(H,14,18)/t9-,10-/m0/s1. The molecule has 0 fully saturated rings. The van der Waals surface area contributed by atoms with Gasteiger partial charge < -0.3 is 24.7 Å². The number of amides is 1. The predicted molar refractivity (Wildman–Crippen MR) is 73.8 cm³/mol. The van der Waals surface area contributed by atoms with Crippen LogP contribution in [0.15, 0.2) is 5.16 Å². The number of aliphatic hydroxyl groups excluding tert-OH is 1. The molecule has 0 aliphatic carbocycles. The van der Waals surface area contributed by atoms with Gasteiger partial charge in [0.05, 0.1) is 19.3 Å². The van der Waals surface area contributed by atoms with Gasteiger partial charge in [0.25, 0.3) is 0 Å². The number of hydrogen-bond acceptors (Lipinski definition) is 7. The number of aliphatic hydroxyl groups is 1. The fourth-order valence-electron chi connectivity index (χ4n) is 1.66. The lowest BCUT2D eigenvalue weighted by Gasteiger charge is -2.24. The molecule has 1 heterocycles. The number of oxime groups is 1. The van der Waals surface area contributed by atoms with Crippen molar-refractivity contribution in [1.29, 1.82) is 0 Å². The highest BCUT2D eigenvalue weighted by atomic mass is 16.6. The monoisotopic (exact) mass is 302 g/mol. The second-order valence-electron chi connectivity index (χ2n) is 5.54. The molecule has 0 unspecified atom stereocenters. The molecule has 0 spiro atoms. The van der Waals surface area contributed by atoms with Gasteiger partial charge in [0.2, 0.25) is 0 Å². The summed E-state index contributed by atoms with van der Waals surface area (Å²) < 4.78 is 9.91. The summed E-state index contributed by atoms with van der Waals surface area (Å²) in [5, 5.41) is 15.5. The van der Waals surface area contributed by atoms with Crippen LogP contribution in [-0.4, -0.2) is 53.8 Å². The average Bonchev–Trinajstić information content (AvgIpc) is 2.83. The minimum absolute atomic E-state index is 0.131. The van der Waals surface area contributed by atoms with Crippen molar-refractivity contribution in [3.63, 3.8) is 0 Å². The summed E-state index contributed by atoms with van der Waals surface area (Å²) in [5.74, 6) is -0.561. The van der Waals surface area contributed by atoms with E-state index in [1.807, 2.05) is 0 Å². The number of esters is 1. The number of alkyl carbamates (subject to hydrolysis) is 1. The van der Waals surface area contributed by atoms with Crippen molar-refractivity contribution < 1.29 is 29.0 Å². The Kier molecular flexibility index (Phi) is 5.95. The Hall–Kier alpha value is -1.83. The van der Waals surface area contributed by atoms with E-state index in [1.165, 1.54) is 0 Å². The molecule has 0 aromatic rings. The molecular formula is C13H22N2O6. The third-order valence-electron chi connectivity index (χ3n) is 2.55. The molecule has 8 nitrogen and oxygen atoms in total. The molecule has 0 aromatic heterocycles. The van der Waals surface area contributed by atoms with E-state index in [0.29, 0.717) is 0 Å². The van der Waals surface area contributed by atoms with Crippen molar-refractivity contribution in [1.82, 2.24) is 5.32 Å². The molecular weight excluding hydrogens is 280 g/mol. The van der Waals surface area contributed by atoms with Crippen LogP contribution in [0, 0.1) is 0 Å². The van der Waals surface area contributed by atoms with Crippen molar-refractivity contribution >= 4 is 17.8 Å². The van der Waals surface area contributed by atoms with Gasteiger partial charge in [-0.3, -0.25) is 0 Å². The molecule has 21 heavy (non-hydrogen) atoms. The molecule has 1 aliphatic heterocycles. The van der Waals surface area contributed by atoms with Crippen LogP contribution in [-0.2, 0) is 19.1 Å². The van der Waals surface area contributed by atoms with Crippen LogP contribution in [0.2, 0.25) is 0 Å². The number of carbonyl (C=O) groups is 2. The van der Waals surface area contributed by atoms with E-state index >= 15 is 0 Å². The zero-order valence-electron chi connectivity index (χ0n) is 12.7. The lowest BCUT2D eigenvalue weighted by atomic mass is 10.1. The predicted octanol–water partition coefficient (Wildman–Crippen LogP) is 0.580. The molecule has 0 radical (unpaired) electrons. The van der Waals surface area contributed by atoms with E-state index in [0.717, 1.165) is 0 Å². The molecule has 0 saturated carbocycles. The molecule has 0 bridgehead atoms. The van der Waals surface area contributed by atoms with E-state index in [2.05, 4.69) is 10.5 Å². The highest BCUT2D eigenvalue weighted by Crippen LogP contribution is 2.16. The minimum atomic E-state index is -0.726. The molecule has 1 amide bonds. The Morgan fingerprint density at radius 1 is 1.52 bits per heavy atom. The third kappa shape index (κ3) is 5.58. The second-order valence-corrected chi connectivity index (χ2v) is 5.54. The molecule has 8 heteroatoms. The first-order valence-corrected chi connectivity index (χ1v) is 6.77. The van der Waals surface area contributed by atoms with E-state index in [1.54, 1.807) is 27.7 Å². The average molecular weight is 302 g/mol. The first kappa shape index (κ1) is 17.2. The van der Waals surface area contributed by atoms with Crippen molar-refractivity contribution in [2.45, 2.75) is 51.9 Å². The second kappa shape index (κ2) is 7.26. The fraction of sp³-hybridized carbons (Fsp3) is 0.769. The highest BCUT2D eigenvalue weighted by molar-refractivity contribution is 6.36. The van der Waals surface area contributed by atoms with Crippen LogP contribution in [0.3, 0.4) is 0 Å². The van der Waals surface area contributed by atoms with Crippen LogP contribution in [0.5, 0.6) is 0 Å². The summed E-state index contributed by atoms with van der Waals surface area (Å²) in [6.45, 7) is 6.75. The Balaban J connectivity index is 2.52. The largest absolute Gasteiger partial charge is 0.461 e. The van der Waals surface area contributed by atoms with E-state index in [9.17, 15) is 14.7 Å². The van der Waals surface area contributed by atoms with Crippen LogP contribution in [0.4, 0.5) is 4.79 Å². The van der Waals surface area contributed by atoms with Crippen LogP contribution in [0.1, 0.15) is 34.1 Å². The number of nitrogens with zero attached hydrogens (tertiary/aromatic N) is 1. The van der Waals surface area contributed by atoms with Crippen LogP contribution in [0.25, 0.3) is 0 Å². The first-order chi connectivity index (χ1) is 9.76. The molecule has 0 saturated heterocycles. The van der Waals surface area contributed by atoms with Gasteiger partial charge in [-0.2, -0.15) is 0 Å². The van der Waals surface area contributed by atoms with E-state index in [4.69, 9.17) is 14.3 Å². The summed E-state index contributed by atoms with van der Waals surface area (Å²) in [6.07, 6.45) is -1.16. The molecule has 1 rings (SSSR count). The Bertz CT molecular complexity index is 415. The summed E-state index contributed by atoms with van der Waals surface area (Å²) in [4.78, 5) is 28.3. The smallest absolute Gasteiger partial charge is 0.408 e. The van der Waals surface area contributed by atoms with Gasteiger partial charge in [-0.15, -0.1) is 0 Å². The SMILES string of the molecule is CCOC(=O)C1=NO[C@H]([C@H](CO)NC(=O)OC(C)(C)C)C1. The van der Waals surface area contributed by atoms with E-state index in [-0.39, 0.29) is 25.3 Å². The Morgan fingerprint density at radius 2 is 2.19 bits per heavy atom. The lowest BCUT2D eigenvalue weighted by Crippen LogP contribution is -2.47.